The first-order chi connectivity index (χ1) is 9.50. The average molecular weight is 285 g/mol. The van der Waals surface area contributed by atoms with E-state index in [1.165, 1.54) is 0 Å². The third-order valence-corrected chi connectivity index (χ3v) is 3.67. The van der Waals surface area contributed by atoms with Crippen molar-refractivity contribution in [3.8, 4) is 0 Å². The molecule has 0 saturated heterocycles. The zero-order valence-corrected chi connectivity index (χ0v) is 12.4. The molecule has 0 atom stereocenters. The van der Waals surface area contributed by atoms with Crippen molar-refractivity contribution in [2.75, 3.05) is 0 Å². The van der Waals surface area contributed by atoms with E-state index in [2.05, 4.69) is 0 Å². The SMILES string of the molecule is CC(C)(C=C(c1ccccc1)c1ccccc1)C(=O)Cl. The van der Waals surface area contributed by atoms with Gasteiger partial charge in [-0.25, -0.2) is 0 Å². The highest BCUT2D eigenvalue weighted by Crippen LogP contribution is 2.31. The molecule has 0 aliphatic carbocycles. The summed E-state index contributed by atoms with van der Waals surface area (Å²) in [6, 6.07) is 20.0. The van der Waals surface area contributed by atoms with E-state index in [1.807, 2.05) is 80.6 Å². The van der Waals surface area contributed by atoms with Crippen LogP contribution >= 0.6 is 11.6 Å². The smallest absolute Gasteiger partial charge is 0.231 e. The predicted molar refractivity (Wildman–Crippen MR) is 84.6 cm³/mol. The van der Waals surface area contributed by atoms with Crippen LogP contribution in [0.25, 0.3) is 5.57 Å². The zero-order valence-electron chi connectivity index (χ0n) is 11.6. The Morgan fingerprint density at radius 3 is 1.65 bits per heavy atom. The monoisotopic (exact) mass is 284 g/mol. The summed E-state index contributed by atoms with van der Waals surface area (Å²) in [6.07, 6.45) is 1.94. The van der Waals surface area contributed by atoms with Gasteiger partial charge in [0.2, 0.25) is 5.24 Å². The van der Waals surface area contributed by atoms with Crippen LogP contribution in [-0.2, 0) is 4.79 Å². The Morgan fingerprint density at radius 1 is 0.900 bits per heavy atom. The number of hydrogen-bond donors (Lipinski definition) is 0. The Balaban J connectivity index is 2.57. The quantitative estimate of drug-likeness (QED) is 0.729. The number of rotatable bonds is 4. The van der Waals surface area contributed by atoms with Gasteiger partial charge >= 0.3 is 0 Å². The molecule has 0 heterocycles. The fourth-order valence-electron chi connectivity index (χ4n) is 1.99. The molecule has 0 spiro atoms. The van der Waals surface area contributed by atoms with Crippen LogP contribution in [0.2, 0.25) is 0 Å². The lowest BCUT2D eigenvalue weighted by Crippen LogP contribution is -2.17. The standard InChI is InChI=1S/C18H17ClO/c1-18(2,17(19)20)13-16(14-9-5-3-6-10-14)15-11-7-4-8-12-15/h3-13H,1-2H3. The number of halogens is 1. The Bertz CT molecular complexity index is 571. The van der Waals surface area contributed by atoms with Crippen molar-refractivity contribution in [3.63, 3.8) is 0 Å². The van der Waals surface area contributed by atoms with E-state index in [9.17, 15) is 4.79 Å². The molecular weight excluding hydrogens is 268 g/mol. The van der Waals surface area contributed by atoms with Gasteiger partial charge in [-0.1, -0.05) is 66.7 Å². The van der Waals surface area contributed by atoms with Gasteiger partial charge in [0, 0.05) is 0 Å². The van der Waals surface area contributed by atoms with Crippen LogP contribution in [0.15, 0.2) is 66.7 Å². The highest BCUT2D eigenvalue weighted by molar-refractivity contribution is 6.64. The number of carbonyl (C=O) groups excluding carboxylic acids is 1. The molecule has 0 N–H and O–H groups in total. The maximum Gasteiger partial charge on any atom is 0.231 e. The second-order valence-corrected chi connectivity index (χ2v) is 5.63. The molecule has 0 radical (unpaired) electrons. The van der Waals surface area contributed by atoms with Gasteiger partial charge in [0.15, 0.2) is 0 Å². The minimum Gasteiger partial charge on any atom is -0.280 e. The van der Waals surface area contributed by atoms with Crippen molar-refractivity contribution in [3.05, 3.63) is 77.9 Å². The van der Waals surface area contributed by atoms with Crippen LogP contribution < -0.4 is 0 Å². The van der Waals surface area contributed by atoms with Gasteiger partial charge in [0.25, 0.3) is 0 Å². The predicted octanol–water partition coefficient (Wildman–Crippen LogP) is 4.91. The fourth-order valence-corrected chi connectivity index (χ4v) is 2.04. The lowest BCUT2D eigenvalue weighted by Gasteiger charge is -2.18. The normalized spacial score (nSPS) is 10.9. The second kappa shape index (κ2) is 6.06. The molecule has 102 valence electrons. The van der Waals surface area contributed by atoms with Crippen molar-refractivity contribution in [1.82, 2.24) is 0 Å². The molecule has 0 unspecified atom stereocenters. The van der Waals surface area contributed by atoms with E-state index in [4.69, 9.17) is 11.6 Å². The molecule has 0 aliphatic heterocycles. The van der Waals surface area contributed by atoms with Gasteiger partial charge in [-0.15, -0.1) is 0 Å². The lowest BCUT2D eigenvalue weighted by atomic mass is 9.87. The van der Waals surface area contributed by atoms with Crippen molar-refractivity contribution >= 4 is 22.4 Å². The summed E-state index contributed by atoms with van der Waals surface area (Å²) in [5, 5.41) is -0.359. The van der Waals surface area contributed by atoms with Crippen LogP contribution in [-0.4, -0.2) is 5.24 Å². The molecule has 0 amide bonds. The summed E-state index contributed by atoms with van der Waals surface area (Å²) in [7, 11) is 0. The van der Waals surface area contributed by atoms with E-state index in [0.29, 0.717) is 0 Å². The first-order valence-electron chi connectivity index (χ1n) is 6.54. The van der Waals surface area contributed by atoms with Crippen molar-refractivity contribution in [1.29, 1.82) is 0 Å². The maximum atomic E-state index is 11.6. The van der Waals surface area contributed by atoms with Crippen LogP contribution in [0.4, 0.5) is 0 Å². The minimum atomic E-state index is -0.706. The van der Waals surface area contributed by atoms with Gasteiger partial charge in [0.1, 0.15) is 0 Å². The number of hydrogen-bond acceptors (Lipinski definition) is 1. The Kier molecular flexibility index (Phi) is 4.41. The van der Waals surface area contributed by atoms with Crippen LogP contribution in [0.3, 0.4) is 0 Å². The number of benzene rings is 2. The minimum absolute atomic E-state index is 0.359. The van der Waals surface area contributed by atoms with E-state index in [-0.39, 0.29) is 5.24 Å². The van der Waals surface area contributed by atoms with E-state index < -0.39 is 5.41 Å². The van der Waals surface area contributed by atoms with E-state index >= 15 is 0 Å². The number of carbonyl (C=O) groups is 1. The molecule has 2 aromatic carbocycles. The molecule has 1 nitrogen and oxygen atoms in total. The van der Waals surface area contributed by atoms with Crippen molar-refractivity contribution in [2.24, 2.45) is 5.41 Å². The van der Waals surface area contributed by atoms with E-state index in [0.717, 1.165) is 16.7 Å². The Labute approximate surface area is 124 Å². The summed E-state index contributed by atoms with van der Waals surface area (Å²) in [5.41, 5.74) is 2.46. The van der Waals surface area contributed by atoms with Crippen molar-refractivity contribution < 1.29 is 4.79 Å². The first-order valence-corrected chi connectivity index (χ1v) is 6.92. The van der Waals surface area contributed by atoms with Crippen molar-refractivity contribution in [2.45, 2.75) is 13.8 Å². The van der Waals surface area contributed by atoms with E-state index in [1.54, 1.807) is 0 Å². The summed E-state index contributed by atoms with van der Waals surface area (Å²) in [4.78, 5) is 11.6. The molecule has 0 fully saturated rings. The molecular formula is C18H17ClO. The van der Waals surface area contributed by atoms with Crippen LogP contribution in [0, 0.1) is 5.41 Å². The van der Waals surface area contributed by atoms with Crippen LogP contribution in [0.5, 0.6) is 0 Å². The van der Waals surface area contributed by atoms with Gasteiger partial charge in [0.05, 0.1) is 5.41 Å². The topological polar surface area (TPSA) is 17.1 Å². The summed E-state index contributed by atoms with van der Waals surface area (Å²) in [5.74, 6) is 0. The van der Waals surface area contributed by atoms with Gasteiger partial charge in [-0.05, 0) is 42.1 Å². The summed E-state index contributed by atoms with van der Waals surface area (Å²) >= 11 is 5.70. The van der Waals surface area contributed by atoms with Gasteiger partial charge in [-0.3, -0.25) is 4.79 Å². The molecule has 2 aromatic rings. The zero-order chi connectivity index (χ0) is 14.6. The second-order valence-electron chi connectivity index (χ2n) is 5.29. The fraction of sp³-hybridized carbons (Fsp3) is 0.167. The molecule has 0 aromatic heterocycles. The highest BCUT2D eigenvalue weighted by atomic mass is 35.5. The maximum absolute atomic E-state index is 11.6. The average Bonchev–Trinajstić information content (AvgIpc) is 2.46. The molecule has 2 rings (SSSR count). The Hall–Kier alpha value is -1.86. The lowest BCUT2D eigenvalue weighted by molar-refractivity contribution is -0.116. The third kappa shape index (κ3) is 3.37. The molecule has 0 aliphatic rings. The summed E-state index contributed by atoms with van der Waals surface area (Å²) in [6.45, 7) is 3.66. The summed E-state index contributed by atoms with van der Waals surface area (Å²) < 4.78 is 0. The molecule has 0 saturated carbocycles. The van der Waals surface area contributed by atoms with Gasteiger partial charge in [-0.2, -0.15) is 0 Å². The molecule has 2 heteroatoms. The first kappa shape index (κ1) is 14.5. The molecule has 20 heavy (non-hydrogen) atoms. The Morgan fingerprint density at radius 2 is 1.30 bits per heavy atom. The number of allylic oxidation sites excluding steroid dienone is 1. The third-order valence-electron chi connectivity index (χ3n) is 3.18. The van der Waals surface area contributed by atoms with Crippen LogP contribution in [0.1, 0.15) is 25.0 Å². The highest BCUT2D eigenvalue weighted by Gasteiger charge is 2.24. The van der Waals surface area contributed by atoms with Gasteiger partial charge < -0.3 is 0 Å². The molecule has 0 bridgehead atoms. The largest absolute Gasteiger partial charge is 0.280 e.